The van der Waals surface area contributed by atoms with Crippen LogP contribution in [0.1, 0.15) is 23.7 Å². The molecule has 2 rings (SSSR count). The Bertz CT molecular complexity index is 463. The van der Waals surface area contributed by atoms with Crippen LogP contribution in [0.5, 0.6) is 0 Å². The first-order valence-corrected chi connectivity index (χ1v) is 8.12. The lowest BCUT2D eigenvalue weighted by molar-refractivity contribution is 0.0615. The lowest BCUT2D eigenvalue weighted by Crippen LogP contribution is -2.59. The first kappa shape index (κ1) is 14.7. The normalized spacial score (nSPS) is 15.1. The average Bonchev–Trinajstić information content (AvgIpc) is 2.36. The van der Waals surface area contributed by atoms with Crippen molar-refractivity contribution in [1.82, 2.24) is 10.2 Å². The average molecular weight is 299 g/mol. The minimum atomic E-state index is 0.0502. The zero-order chi connectivity index (χ0) is 13.8. The Morgan fingerprint density at radius 2 is 2.26 bits per heavy atom. The van der Waals surface area contributed by atoms with Crippen LogP contribution in [0.2, 0.25) is 5.02 Å². The molecule has 104 valence electrons. The van der Waals surface area contributed by atoms with Crippen molar-refractivity contribution in [3.05, 3.63) is 28.8 Å². The second kappa shape index (κ2) is 6.64. The second-order valence-electron chi connectivity index (χ2n) is 4.66. The number of nitrogens with zero attached hydrogens (tertiary/aromatic N) is 1. The molecular weight excluding hydrogens is 280 g/mol. The number of amides is 1. The van der Waals surface area contributed by atoms with Gasteiger partial charge in [-0.3, -0.25) is 4.79 Å². The van der Waals surface area contributed by atoms with Gasteiger partial charge in [-0.25, -0.2) is 0 Å². The molecule has 3 nitrogen and oxygen atoms in total. The van der Waals surface area contributed by atoms with Gasteiger partial charge in [-0.2, -0.15) is 0 Å². The molecule has 0 aliphatic carbocycles. The van der Waals surface area contributed by atoms with Crippen molar-refractivity contribution >= 4 is 29.3 Å². The van der Waals surface area contributed by atoms with E-state index in [9.17, 15) is 4.79 Å². The van der Waals surface area contributed by atoms with E-state index < -0.39 is 0 Å². The highest BCUT2D eigenvalue weighted by molar-refractivity contribution is 7.98. The first-order valence-electron chi connectivity index (χ1n) is 6.52. The summed E-state index contributed by atoms with van der Waals surface area (Å²) in [5.41, 5.74) is 0.619. The summed E-state index contributed by atoms with van der Waals surface area (Å²) in [5, 5.41) is 3.75. The van der Waals surface area contributed by atoms with E-state index in [1.54, 1.807) is 11.8 Å². The fourth-order valence-electron chi connectivity index (χ4n) is 2.13. The Labute approximate surface area is 123 Å². The third-order valence-corrected chi connectivity index (χ3v) is 4.38. The molecule has 5 heteroatoms. The lowest BCUT2D eigenvalue weighted by Gasteiger charge is -2.38. The van der Waals surface area contributed by atoms with Gasteiger partial charge in [0.15, 0.2) is 0 Å². The Kier molecular flexibility index (Phi) is 5.13. The van der Waals surface area contributed by atoms with E-state index in [1.165, 1.54) is 0 Å². The quantitative estimate of drug-likeness (QED) is 0.849. The molecule has 1 aliphatic heterocycles. The van der Waals surface area contributed by atoms with Crippen LogP contribution in [0.4, 0.5) is 0 Å². The van der Waals surface area contributed by atoms with Crippen molar-refractivity contribution in [3.63, 3.8) is 0 Å². The van der Waals surface area contributed by atoms with Crippen molar-refractivity contribution < 1.29 is 4.79 Å². The second-order valence-corrected chi connectivity index (χ2v) is 5.94. The van der Waals surface area contributed by atoms with Crippen molar-refractivity contribution in [3.8, 4) is 0 Å². The van der Waals surface area contributed by atoms with Crippen molar-refractivity contribution in [1.29, 1.82) is 0 Å². The van der Waals surface area contributed by atoms with Crippen LogP contribution >= 0.6 is 23.4 Å². The van der Waals surface area contributed by atoms with Gasteiger partial charge in [-0.05, 0) is 30.9 Å². The van der Waals surface area contributed by atoms with Gasteiger partial charge in [0.25, 0.3) is 5.91 Å². The maximum atomic E-state index is 12.7. The number of hydrogen-bond donors (Lipinski definition) is 1. The standard InChI is InChI=1S/C14H19ClN2OS/c1-3-6-17(10-8-16-9-10)14(18)12-7-11(19-2)4-5-13(12)15/h4-5,7,10,16H,3,6,8-9H2,1-2H3. The lowest BCUT2D eigenvalue weighted by atomic mass is 10.1. The highest BCUT2D eigenvalue weighted by Crippen LogP contribution is 2.25. The Morgan fingerprint density at radius 3 is 2.79 bits per heavy atom. The van der Waals surface area contributed by atoms with Gasteiger partial charge in [-0.15, -0.1) is 11.8 Å². The highest BCUT2D eigenvalue weighted by atomic mass is 35.5. The molecule has 1 aromatic rings. The van der Waals surface area contributed by atoms with Gasteiger partial charge in [-0.1, -0.05) is 18.5 Å². The van der Waals surface area contributed by atoms with Crippen LogP contribution in [0.25, 0.3) is 0 Å². The summed E-state index contributed by atoms with van der Waals surface area (Å²) in [7, 11) is 0. The molecule has 1 fully saturated rings. The summed E-state index contributed by atoms with van der Waals surface area (Å²) in [5.74, 6) is 0.0502. The molecular formula is C14H19ClN2OS. The van der Waals surface area contributed by atoms with Gasteiger partial charge in [0.2, 0.25) is 0 Å². The van der Waals surface area contributed by atoms with Gasteiger partial charge >= 0.3 is 0 Å². The largest absolute Gasteiger partial charge is 0.333 e. The summed E-state index contributed by atoms with van der Waals surface area (Å²) in [6.45, 7) is 4.63. The van der Waals surface area contributed by atoms with E-state index in [0.29, 0.717) is 16.6 Å². The maximum Gasteiger partial charge on any atom is 0.255 e. The van der Waals surface area contributed by atoms with Gasteiger partial charge < -0.3 is 10.2 Å². The van der Waals surface area contributed by atoms with Crippen LogP contribution in [0.15, 0.2) is 23.1 Å². The monoisotopic (exact) mass is 298 g/mol. The Balaban J connectivity index is 2.24. The van der Waals surface area contributed by atoms with E-state index in [-0.39, 0.29) is 5.91 Å². The molecule has 0 atom stereocenters. The van der Waals surface area contributed by atoms with Gasteiger partial charge in [0, 0.05) is 24.5 Å². The molecule has 1 aliphatic rings. The molecule has 0 bridgehead atoms. The van der Waals surface area contributed by atoms with Gasteiger partial charge in [0.1, 0.15) is 0 Å². The third-order valence-electron chi connectivity index (χ3n) is 3.33. The molecule has 1 aromatic carbocycles. The van der Waals surface area contributed by atoms with Gasteiger partial charge in [0.05, 0.1) is 16.6 Å². The number of carbonyl (C=O) groups is 1. The third kappa shape index (κ3) is 3.25. The summed E-state index contributed by atoms with van der Waals surface area (Å²) in [6.07, 6.45) is 2.96. The van der Waals surface area contributed by atoms with Crippen LogP contribution in [0.3, 0.4) is 0 Å². The number of halogens is 1. The number of hydrogen-bond acceptors (Lipinski definition) is 3. The molecule has 1 N–H and O–H groups in total. The predicted molar refractivity (Wildman–Crippen MR) is 81.2 cm³/mol. The molecule has 1 amide bonds. The molecule has 0 spiro atoms. The van der Waals surface area contributed by atoms with Crippen LogP contribution in [-0.2, 0) is 0 Å². The summed E-state index contributed by atoms with van der Waals surface area (Å²) < 4.78 is 0. The minimum absolute atomic E-state index is 0.0502. The van der Waals surface area contributed by atoms with Crippen molar-refractivity contribution in [2.75, 3.05) is 25.9 Å². The van der Waals surface area contributed by atoms with Crippen LogP contribution < -0.4 is 5.32 Å². The molecule has 0 saturated carbocycles. The van der Waals surface area contributed by atoms with E-state index >= 15 is 0 Å². The molecule has 0 radical (unpaired) electrons. The van der Waals surface area contributed by atoms with Crippen LogP contribution in [0, 0.1) is 0 Å². The highest BCUT2D eigenvalue weighted by Gasteiger charge is 2.29. The van der Waals surface area contributed by atoms with Crippen molar-refractivity contribution in [2.45, 2.75) is 24.3 Å². The van der Waals surface area contributed by atoms with Crippen LogP contribution in [-0.4, -0.2) is 42.7 Å². The summed E-state index contributed by atoms with van der Waals surface area (Å²) >= 11 is 7.81. The number of nitrogens with one attached hydrogen (secondary N) is 1. The molecule has 0 unspecified atom stereocenters. The topological polar surface area (TPSA) is 32.3 Å². The first-order chi connectivity index (χ1) is 9.17. The Hall–Kier alpha value is -0.710. The predicted octanol–water partition coefficient (Wildman–Crippen LogP) is 2.89. The fourth-order valence-corrected chi connectivity index (χ4v) is 2.77. The number of rotatable bonds is 5. The fraction of sp³-hybridized carbons (Fsp3) is 0.500. The van der Waals surface area contributed by atoms with E-state index in [1.807, 2.05) is 29.4 Å². The maximum absolute atomic E-state index is 12.7. The summed E-state index contributed by atoms with van der Waals surface area (Å²) in [6, 6.07) is 5.95. The zero-order valence-electron chi connectivity index (χ0n) is 11.3. The summed E-state index contributed by atoms with van der Waals surface area (Å²) in [4.78, 5) is 15.7. The Morgan fingerprint density at radius 1 is 1.53 bits per heavy atom. The molecule has 19 heavy (non-hydrogen) atoms. The molecule has 1 saturated heterocycles. The van der Waals surface area contributed by atoms with E-state index in [0.717, 1.165) is 31.0 Å². The van der Waals surface area contributed by atoms with Crippen molar-refractivity contribution in [2.24, 2.45) is 0 Å². The van der Waals surface area contributed by atoms with E-state index in [4.69, 9.17) is 11.6 Å². The molecule has 0 aromatic heterocycles. The number of carbonyl (C=O) groups excluding carboxylic acids is 1. The number of benzene rings is 1. The number of thioether (sulfide) groups is 1. The minimum Gasteiger partial charge on any atom is -0.333 e. The zero-order valence-corrected chi connectivity index (χ0v) is 12.9. The SMILES string of the molecule is CCCN(C(=O)c1cc(SC)ccc1Cl)C1CNC1. The smallest absolute Gasteiger partial charge is 0.255 e. The molecule has 1 heterocycles. The van der Waals surface area contributed by atoms with E-state index in [2.05, 4.69) is 12.2 Å².